The number of carbonyl (C=O) groups is 2. The normalized spacial score (nSPS) is 17.9. The van der Waals surface area contributed by atoms with Crippen LogP contribution in [0.3, 0.4) is 0 Å². The Balaban J connectivity index is 1.90. The molecule has 1 heterocycles. The third-order valence-corrected chi connectivity index (χ3v) is 4.97. The highest BCUT2D eigenvalue weighted by Gasteiger charge is 2.50. The minimum atomic E-state index is -0.625. The maximum atomic E-state index is 13.0. The molecule has 130 valence electrons. The number of para-hydroxylation sites is 1. The first kappa shape index (κ1) is 17.5. The first-order valence-corrected chi connectivity index (χ1v) is 8.79. The average Bonchev–Trinajstić information content (AvgIpc) is 2.88. The average molecular weight is 357 g/mol. The molecular weight excluding hydrogens is 336 g/mol. The molecule has 1 atom stereocenters. The summed E-state index contributed by atoms with van der Waals surface area (Å²) in [7, 11) is 0. The Morgan fingerprint density at radius 3 is 2.40 bits per heavy atom. The van der Waals surface area contributed by atoms with E-state index >= 15 is 0 Å². The van der Waals surface area contributed by atoms with E-state index in [2.05, 4.69) is 5.32 Å². The summed E-state index contributed by atoms with van der Waals surface area (Å²) in [6.45, 7) is 4.39. The standard InChI is InChI=1S/C20H21ClN2O2/c1-20(2)15-10-6-7-11-16(15)23(17(24)12-21)18(20)19(25)22-13-14-8-4-3-5-9-14/h3-11,18H,12-13H2,1-2H3,(H,22,25). The van der Waals surface area contributed by atoms with Crippen LogP contribution in [-0.2, 0) is 21.5 Å². The molecule has 2 amide bonds. The molecule has 0 aliphatic carbocycles. The van der Waals surface area contributed by atoms with Gasteiger partial charge < -0.3 is 5.32 Å². The van der Waals surface area contributed by atoms with Crippen LogP contribution in [0.15, 0.2) is 54.6 Å². The van der Waals surface area contributed by atoms with Crippen molar-refractivity contribution in [2.45, 2.75) is 31.8 Å². The molecule has 25 heavy (non-hydrogen) atoms. The van der Waals surface area contributed by atoms with Crippen molar-refractivity contribution >= 4 is 29.1 Å². The van der Waals surface area contributed by atoms with Crippen molar-refractivity contribution in [3.05, 3.63) is 65.7 Å². The Morgan fingerprint density at radius 1 is 1.08 bits per heavy atom. The summed E-state index contributed by atoms with van der Waals surface area (Å²) in [4.78, 5) is 27.0. The molecule has 0 saturated carbocycles. The molecule has 1 N–H and O–H groups in total. The van der Waals surface area contributed by atoms with Gasteiger partial charge in [-0.1, -0.05) is 62.4 Å². The fraction of sp³-hybridized carbons (Fsp3) is 0.300. The Kier molecular flexibility index (Phi) is 4.82. The van der Waals surface area contributed by atoms with Crippen molar-refractivity contribution < 1.29 is 9.59 Å². The number of nitrogens with zero attached hydrogens (tertiary/aromatic N) is 1. The molecule has 0 bridgehead atoms. The van der Waals surface area contributed by atoms with Crippen LogP contribution in [0.2, 0.25) is 0 Å². The van der Waals surface area contributed by atoms with Gasteiger partial charge in [0.2, 0.25) is 11.8 Å². The lowest BCUT2D eigenvalue weighted by molar-refractivity contribution is -0.126. The largest absolute Gasteiger partial charge is 0.350 e. The molecular formula is C20H21ClN2O2. The predicted molar refractivity (Wildman–Crippen MR) is 99.8 cm³/mol. The zero-order valence-corrected chi connectivity index (χ0v) is 15.1. The molecule has 0 fully saturated rings. The van der Waals surface area contributed by atoms with E-state index in [1.807, 2.05) is 68.4 Å². The Hall–Kier alpha value is -2.33. The van der Waals surface area contributed by atoms with E-state index in [1.54, 1.807) is 4.90 Å². The van der Waals surface area contributed by atoms with Gasteiger partial charge in [0.25, 0.3) is 0 Å². The number of rotatable bonds is 4. The lowest BCUT2D eigenvalue weighted by Crippen LogP contribution is -2.54. The highest BCUT2D eigenvalue weighted by atomic mass is 35.5. The topological polar surface area (TPSA) is 49.4 Å². The van der Waals surface area contributed by atoms with Crippen LogP contribution in [0.1, 0.15) is 25.0 Å². The van der Waals surface area contributed by atoms with Crippen molar-refractivity contribution in [3.8, 4) is 0 Å². The Bertz CT molecular complexity index is 789. The molecule has 1 aliphatic heterocycles. The van der Waals surface area contributed by atoms with E-state index in [1.165, 1.54) is 0 Å². The quantitative estimate of drug-likeness (QED) is 0.855. The molecule has 1 aliphatic rings. The van der Waals surface area contributed by atoms with Crippen LogP contribution < -0.4 is 10.2 Å². The van der Waals surface area contributed by atoms with Crippen LogP contribution in [-0.4, -0.2) is 23.7 Å². The fourth-order valence-corrected chi connectivity index (χ4v) is 3.64. The van der Waals surface area contributed by atoms with Crippen molar-refractivity contribution in [3.63, 3.8) is 0 Å². The number of anilines is 1. The third-order valence-electron chi connectivity index (χ3n) is 4.74. The molecule has 0 aromatic heterocycles. The Labute approximate surface area is 152 Å². The number of carbonyl (C=O) groups excluding carboxylic acids is 2. The van der Waals surface area contributed by atoms with Crippen molar-refractivity contribution in [2.75, 3.05) is 10.8 Å². The molecule has 0 radical (unpaired) electrons. The van der Waals surface area contributed by atoms with E-state index in [9.17, 15) is 9.59 Å². The number of alkyl halides is 1. The monoisotopic (exact) mass is 356 g/mol. The molecule has 5 heteroatoms. The number of fused-ring (bicyclic) bond motifs is 1. The zero-order chi connectivity index (χ0) is 18.0. The van der Waals surface area contributed by atoms with E-state index < -0.39 is 11.5 Å². The lowest BCUT2D eigenvalue weighted by Gasteiger charge is -2.31. The van der Waals surface area contributed by atoms with Gasteiger partial charge in [0, 0.05) is 17.6 Å². The summed E-state index contributed by atoms with van der Waals surface area (Å²) in [5.74, 6) is -0.601. The molecule has 1 unspecified atom stereocenters. The smallest absolute Gasteiger partial charge is 0.244 e. The van der Waals surface area contributed by atoms with Gasteiger partial charge in [-0.05, 0) is 17.2 Å². The van der Waals surface area contributed by atoms with Gasteiger partial charge in [0.1, 0.15) is 11.9 Å². The zero-order valence-electron chi connectivity index (χ0n) is 14.3. The van der Waals surface area contributed by atoms with Gasteiger partial charge in [-0.15, -0.1) is 11.6 Å². The van der Waals surface area contributed by atoms with Crippen LogP contribution in [0.4, 0.5) is 5.69 Å². The summed E-state index contributed by atoms with van der Waals surface area (Å²) < 4.78 is 0. The van der Waals surface area contributed by atoms with Crippen LogP contribution in [0, 0.1) is 0 Å². The lowest BCUT2D eigenvalue weighted by atomic mass is 9.80. The minimum absolute atomic E-state index is 0.160. The highest BCUT2D eigenvalue weighted by molar-refractivity contribution is 6.30. The summed E-state index contributed by atoms with van der Waals surface area (Å²) in [5, 5.41) is 2.96. The van der Waals surface area contributed by atoms with Crippen LogP contribution >= 0.6 is 11.6 Å². The Morgan fingerprint density at radius 2 is 1.72 bits per heavy atom. The van der Waals surface area contributed by atoms with Crippen molar-refractivity contribution in [1.82, 2.24) is 5.32 Å². The molecule has 2 aromatic rings. The predicted octanol–water partition coefficient (Wildman–Crippen LogP) is 3.23. The second-order valence-corrected chi connectivity index (χ2v) is 7.01. The van der Waals surface area contributed by atoms with Gasteiger partial charge in [-0.2, -0.15) is 0 Å². The fourth-order valence-electron chi connectivity index (χ4n) is 3.51. The SMILES string of the molecule is CC1(C)c2ccccc2N(C(=O)CCl)C1C(=O)NCc1ccccc1. The number of amides is 2. The van der Waals surface area contributed by atoms with E-state index in [0.717, 1.165) is 16.8 Å². The summed E-state index contributed by atoms with van der Waals surface area (Å²) >= 11 is 5.81. The highest BCUT2D eigenvalue weighted by Crippen LogP contribution is 2.45. The minimum Gasteiger partial charge on any atom is -0.350 e. The first-order chi connectivity index (χ1) is 12.0. The second kappa shape index (κ2) is 6.89. The van der Waals surface area contributed by atoms with Gasteiger partial charge in [0.05, 0.1) is 0 Å². The molecule has 3 rings (SSSR count). The van der Waals surface area contributed by atoms with E-state index in [0.29, 0.717) is 6.54 Å². The van der Waals surface area contributed by atoms with Gasteiger partial charge in [-0.25, -0.2) is 0 Å². The summed E-state index contributed by atoms with van der Waals surface area (Å²) in [6.07, 6.45) is 0. The van der Waals surface area contributed by atoms with Crippen molar-refractivity contribution in [2.24, 2.45) is 0 Å². The van der Waals surface area contributed by atoms with Gasteiger partial charge in [-0.3, -0.25) is 14.5 Å². The first-order valence-electron chi connectivity index (χ1n) is 8.26. The molecule has 0 spiro atoms. The second-order valence-electron chi connectivity index (χ2n) is 6.74. The van der Waals surface area contributed by atoms with Crippen LogP contribution in [0.25, 0.3) is 0 Å². The molecule has 4 nitrogen and oxygen atoms in total. The summed E-state index contributed by atoms with van der Waals surface area (Å²) in [6, 6.07) is 16.7. The maximum absolute atomic E-state index is 13.0. The maximum Gasteiger partial charge on any atom is 0.244 e. The third kappa shape index (κ3) is 3.14. The number of benzene rings is 2. The summed E-state index contributed by atoms with van der Waals surface area (Å²) in [5.41, 5.74) is 2.25. The number of hydrogen-bond acceptors (Lipinski definition) is 2. The molecule has 2 aromatic carbocycles. The number of halogens is 1. The van der Waals surface area contributed by atoms with Gasteiger partial charge in [0.15, 0.2) is 0 Å². The van der Waals surface area contributed by atoms with Crippen molar-refractivity contribution in [1.29, 1.82) is 0 Å². The van der Waals surface area contributed by atoms with Crippen LogP contribution in [0.5, 0.6) is 0 Å². The van der Waals surface area contributed by atoms with Gasteiger partial charge >= 0.3 is 0 Å². The van der Waals surface area contributed by atoms with E-state index in [-0.39, 0.29) is 17.7 Å². The molecule has 0 saturated heterocycles. The van der Waals surface area contributed by atoms with E-state index in [4.69, 9.17) is 11.6 Å². The number of nitrogens with one attached hydrogen (secondary N) is 1. The number of hydrogen-bond donors (Lipinski definition) is 1.